The molecule has 5 rings (SSSR count). The molecule has 3 aliphatic heterocycles. The Morgan fingerprint density at radius 3 is 2.56 bits per heavy atom. The maximum absolute atomic E-state index is 12.7. The molecule has 1 aromatic carbocycles. The van der Waals surface area contributed by atoms with Gasteiger partial charge in [0.2, 0.25) is 16.0 Å². The summed E-state index contributed by atoms with van der Waals surface area (Å²) in [6, 6.07) is 5.88. The lowest BCUT2D eigenvalue weighted by Crippen LogP contribution is -2.54. The number of nitrogens with one attached hydrogen (secondary N) is 1. The van der Waals surface area contributed by atoms with Crippen LogP contribution in [0.3, 0.4) is 0 Å². The monoisotopic (exact) mass is 535 g/mol. The molecule has 4 heterocycles. The lowest BCUT2D eigenvalue weighted by molar-refractivity contribution is 0.0231. The van der Waals surface area contributed by atoms with Crippen molar-refractivity contribution in [3.63, 3.8) is 0 Å². The SMILES string of the molecule is CNS(=O)(=O)c1ccc(C(=O)OC2CN(c3nc4c(c(N(C)C5CCOCC5)n3)S(=O)CC4)C2)cc1. The molecule has 1 aromatic heterocycles. The first-order valence-corrected chi connectivity index (χ1v) is 14.7. The van der Waals surface area contributed by atoms with Gasteiger partial charge in [0.1, 0.15) is 11.0 Å². The molecule has 1 unspecified atom stereocenters. The smallest absolute Gasteiger partial charge is 0.338 e. The molecule has 1 N–H and O–H groups in total. The molecule has 0 saturated carbocycles. The normalized spacial score (nSPS) is 20.6. The Hall–Kier alpha value is -2.61. The van der Waals surface area contributed by atoms with E-state index in [-0.39, 0.29) is 22.6 Å². The van der Waals surface area contributed by atoms with Gasteiger partial charge in [0.25, 0.3) is 0 Å². The summed E-state index contributed by atoms with van der Waals surface area (Å²) in [6.45, 7) is 2.29. The maximum atomic E-state index is 12.7. The Morgan fingerprint density at radius 1 is 1.19 bits per heavy atom. The number of ether oxygens (including phenoxy) is 2. The fourth-order valence-corrected chi connectivity index (χ4v) is 6.69. The van der Waals surface area contributed by atoms with Crippen molar-refractivity contribution in [1.82, 2.24) is 14.7 Å². The molecule has 2 fully saturated rings. The summed E-state index contributed by atoms with van der Waals surface area (Å²) in [7, 11) is -1.36. The first kappa shape index (κ1) is 25.1. The minimum atomic E-state index is -3.57. The highest BCUT2D eigenvalue weighted by atomic mass is 32.2. The third-order valence-corrected chi connectivity index (χ3v) is 9.68. The summed E-state index contributed by atoms with van der Waals surface area (Å²) >= 11 is 0. The highest BCUT2D eigenvalue weighted by Gasteiger charge is 2.36. The number of aromatic nitrogens is 2. The molecular formula is C23H29N5O6S2. The van der Waals surface area contributed by atoms with Crippen molar-refractivity contribution in [2.45, 2.75) is 41.2 Å². The number of esters is 1. The van der Waals surface area contributed by atoms with Crippen molar-refractivity contribution in [2.24, 2.45) is 0 Å². The highest BCUT2D eigenvalue weighted by molar-refractivity contribution is 7.89. The lowest BCUT2D eigenvalue weighted by Gasteiger charge is -2.39. The average molecular weight is 536 g/mol. The quantitative estimate of drug-likeness (QED) is 0.506. The number of carbonyl (C=O) groups excluding carboxylic acids is 1. The van der Waals surface area contributed by atoms with E-state index >= 15 is 0 Å². The van der Waals surface area contributed by atoms with E-state index < -0.39 is 26.8 Å². The Kier molecular flexibility index (Phi) is 6.99. The second kappa shape index (κ2) is 10.0. The molecule has 13 heteroatoms. The lowest BCUT2D eigenvalue weighted by atomic mass is 10.1. The summed E-state index contributed by atoms with van der Waals surface area (Å²) < 4.78 is 49.7. The minimum Gasteiger partial charge on any atom is -0.455 e. The summed E-state index contributed by atoms with van der Waals surface area (Å²) in [5.74, 6) is 1.31. The molecule has 2 aromatic rings. The molecule has 0 amide bonds. The number of aryl methyl sites for hydroxylation is 1. The van der Waals surface area contributed by atoms with Crippen LogP contribution in [0.25, 0.3) is 0 Å². The van der Waals surface area contributed by atoms with Gasteiger partial charge in [-0.2, -0.15) is 4.98 Å². The highest BCUT2D eigenvalue weighted by Crippen LogP contribution is 2.34. The second-order valence-corrected chi connectivity index (χ2v) is 12.4. The summed E-state index contributed by atoms with van der Waals surface area (Å²) in [5.41, 5.74) is 1.10. The molecular weight excluding hydrogens is 506 g/mol. The van der Waals surface area contributed by atoms with Crippen molar-refractivity contribution in [3.8, 4) is 0 Å². The predicted molar refractivity (Wildman–Crippen MR) is 133 cm³/mol. The number of hydrogen-bond acceptors (Lipinski definition) is 10. The van der Waals surface area contributed by atoms with Crippen LogP contribution in [0.4, 0.5) is 11.8 Å². The van der Waals surface area contributed by atoms with Crippen LogP contribution in [0.5, 0.6) is 0 Å². The largest absolute Gasteiger partial charge is 0.455 e. The van der Waals surface area contributed by atoms with Gasteiger partial charge in [0, 0.05) is 38.5 Å². The van der Waals surface area contributed by atoms with Gasteiger partial charge in [-0.3, -0.25) is 4.21 Å². The summed E-state index contributed by atoms with van der Waals surface area (Å²) in [5, 5.41) is 0. The number of nitrogens with zero attached hydrogens (tertiary/aromatic N) is 4. The molecule has 0 aliphatic carbocycles. The first-order valence-electron chi connectivity index (χ1n) is 11.9. The Balaban J connectivity index is 1.26. The van der Waals surface area contributed by atoms with Crippen molar-refractivity contribution < 1.29 is 26.9 Å². The zero-order valence-electron chi connectivity index (χ0n) is 20.2. The second-order valence-electron chi connectivity index (χ2n) is 9.04. The average Bonchev–Trinajstić information content (AvgIpc) is 3.26. The molecule has 36 heavy (non-hydrogen) atoms. The Labute approximate surface area is 212 Å². The fourth-order valence-electron chi connectivity index (χ4n) is 4.57. The zero-order valence-corrected chi connectivity index (χ0v) is 21.8. The van der Waals surface area contributed by atoms with E-state index in [1.165, 1.54) is 31.3 Å². The van der Waals surface area contributed by atoms with Gasteiger partial charge in [0.15, 0.2) is 5.82 Å². The molecule has 0 spiro atoms. The topological polar surface area (TPSA) is 131 Å². The van der Waals surface area contributed by atoms with E-state index in [0.717, 1.165) is 29.2 Å². The van der Waals surface area contributed by atoms with Crippen LogP contribution >= 0.6 is 0 Å². The van der Waals surface area contributed by atoms with E-state index in [4.69, 9.17) is 19.4 Å². The number of sulfonamides is 1. The Morgan fingerprint density at radius 2 is 1.89 bits per heavy atom. The molecule has 2 saturated heterocycles. The van der Waals surface area contributed by atoms with E-state index in [9.17, 15) is 17.4 Å². The molecule has 194 valence electrons. The van der Waals surface area contributed by atoms with E-state index in [1.54, 1.807) is 0 Å². The third kappa shape index (κ3) is 4.84. The van der Waals surface area contributed by atoms with Crippen LogP contribution in [-0.4, -0.2) is 86.9 Å². The predicted octanol–water partition coefficient (Wildman–Crippen LogP) is 0.709. The fraction of sp³-hybridized carbons (Fsp3) is 0.522. The number of hydrogen-bond donors (Lipinski definition) is 1. The molecule has 3 aliphatic rings. The first-order chi connectivity index (χ1) is 17.3. The number of anilines is 2. The van der Waals surface area contributed by atoms with Gasteiger partial charge in [-0.1, -0.05) is 0 Å². The zero-order chi connectivity index (χ0) is 25.4. The van der Waals surface area contributed by atoms with Gasteiger partial charge in [0.05, 0.1) is 40.0 Å². The molecule has 11 nitrogen and oxygen atoms in total. The number of fused-ring (bicyclic) bond motifs is 1. The maximum Gasteiger partial charge on any atom is 0.338 e. The van der Waals surface area contributed by atoms with Gasteiger partial charge in [-0.25, -0.2) is 22.9 Å². The van der Waals surface area contributed by atoms with Crippen LogP contribution in [0, 0.1) is 0 Å². The van der Waals surface area contributed by atoms with Gasteiger partial charge < -0.3 is 19.3 Å². The molecule has 1 atom stereocenters. The summed E-state index contributed by atoms with van der Waals surface area (Å²) in [6.07, 6.45) is 2.10. The van der Waals surface area contributed by atoms with Crippen LogP contribution in [0.15, 0.2) is 34.1 Å². The minimum absolute atomic E-state index is 0.0765. The van der Waals surface area contributed by atoms with E-state index in [0.29, 0.717) is 44.4 Å². The van der Waals surface area contributed by atoms with Crippen molar-refractivity contribution in [1.29, 1.82) is 0 Å². The number of carbonyl (C=O) groups is 1. The van der Waals surface area contributed by atoms with Gasteiger partial charge in [-0.05, 0) is 44.2 Å². The number of benzene rings is 1. The van der Waals surface area contributed by atoms with Crippen molar-refractivity contribution in [3.05, 3.63) is 35.5 Å². The molecule has 0 bridgehead atoms. The van der Waals surface area contributed by atoms with Gasteiger partial charge in [-0.15, -0.1) is 0 Å². The Bertz CT molecular complexity index is 1270. The third-order valence-electron chi connectivity index (χ3n) is 6.80. The summed E-state index contributed by atoms with van der Waals surface area (Å²) in [4.78, 5) is 26.9. The molecule has 0 radical (unpaired) electrons. The van der Waals surface area contributed by atoms with E-state index in [2.05, 4.69) is 9.62 Å². The standard InChI is InChI=1S/C23H29N5O6S2/c1-24-36(31,32)18-5-3-15(4-6-18)22(29)34-17-13-28(14-17)23-25-19-9-12-35(30)20(19)21(26-23)27(2)16-7-10-33-11-8-16/h3-6,16-17,24H,7-14H2,1-2H3. The van der Waals surface area contributed by atoms with Gasteiger partial charge >= 0.3 is 5.97 Å². The van der Waals surface area contributed by atoms with E-state index in [1.807, 2.05) is 11.9 Å². The van der Waals surface area contributed by atoms with Crippen LogP contribution in [0.2, 0.25) is 0 Å². The van der Waals surface area contributed by atoms with Crippen LogP contribution < -0.4 is 14.5 Å². The number of rotatable bonds is 7. The van der Waals surface area contributed by atoms with Crippen LogP contribution in [0.1, 0.15) is 28.9 Å². The van der Waals surface area contributed by atoms with Crippen molar-refractivity contribution >= 4 is 38.6 Å². The van der Waals surface area contributed by atoms with Crippen molar-refractivity contribution in [2.75, 3.05) is 56.0 Å². The van der Waals surface area contributed by atoms with Crippen LogP contribution in [-0.2, 0) is 36.7 Å².